The summed E-state index contributed by atoms with van der Waals surface area (Å²) < 4.78 is 0. The summed E-state index contributed by atoms with van der Waals surface area (Å²) in [7, 11) is 0. The van der Waals surface area contributed by atoms with Crippen molar-refractivity contribution in [1.29, 1.82) is 0 Å². The fourth-order valence-electron chi connectivity index (χ4n) is 2.64. The molecule has 1 fully saturated rings. The molecule has 0 aromatic heterocycles. The number of carbonyl (C=O) groups is 1. The Morgan fingerprint density at radius 1 is 1.35 bits per heavy atom. The molecule has 20 heavy (non-hydrogen) atoms. The molecule has 1 saturated carbocycles. The van der Waals surface area contributed by atoms with E-state index >= 15 is 0 Å². The van der Waals surface area contributed by atoms with Crippen LogP contribution in [0.5, 0.6) is 0 Å². The van der Waals surface area contributed by atoms with Crippen molar-refractivity contribution in [2.75, 3.05) is 11.9 Å². The Morgan fingerprint density at radius 3 is 2.70 bits per heavy atom. The highest BCUT2D eigenvalue weighted by molar-refractivity contribution is 9.09. The Morgan fingerprint density at radius 2 is 2.05 bits per heavy atom. The molecule has 0 aliphatic heterocycles. The van der Waals surface area contributed by atoms with E-state index in [1.54, 1.807) is 0 Å². The van der Waals surface area contributed by atoms with Crippen molar-refractivity contribution in [1.82, 2.24) is 5.32 Å². The maximum absolute atomic E-state index is 12.2. The van der Waals surface area contributed by atoms with E-state index in [2.05, 4.69) is 47.2 Å². The summed E-state index contributed by atoms with van der Waals surface area (Å²) in [5, 5.41) is 4.17. The van der Waals surface area contributed by atoms with Gasteiger partial charge in [-0.3, -0.25) is 4.79 Å². The number of benzene rings is 1. The summed E-state index contributed by atoms with van der Waals surface area (Å²) in [4.78, 5) is 12.2. The van der Waals surface area contributed by atoms with Gasteiger partial charge in [-0.1, -0.05) is 60.1 Å². The average Bonchev–Trinajstić information content (AvgIpc) is 3.24. The van der Waals surface area contributed by atoms with Gasteiger partial charge in [0.15, 0.2) is 0 Å². The first kappa shape index (κ1) is 15.6. The van der Waals surface area contributed by atoms with E-state index in [0.29, 0.717) is 5.92 Å². The molecule has 1 aliphatic rings. The van der Waals surface area contributed by atoms with Crippen LogP contribution in [0, 0.1) is 11.3 Å². The molecule has 0 spiro atoms. The molecule has 0 bridgehead atoms. The molecule has 2 nitrogen and oxygen atoms in total. The topological polar surface area (TPSA) is 29.1 Å². The number of halogens is 1. The highest BCUT2D eigenvalue weighted by atomic mass is 79.9. The van der Waals surface area contributed by atoms with Crippen molar-refractivity contribution in [2.45, 2.75) is 39.0 Å². The van der Waals surface area contributed by atoms with Crippen molar-refractivity contribution in [3.05, 3.63) is 35.9 Å². The fourth-order valence-corrected chi connectivity index (χ4v) is 2.93. The molecule has 0 radical (unpaired) electrons. The van der Waals surface area contributed by atoms with Crippen LogP contribution in [0.4, 0.5) is 0 Å². The monoisotopic (exact) mass is 337 g/mol. The van der Waals surface area contributed by atoms with E-state index in [4.69, 9.17) is 0 Å². The standard InChI is InChI=1S/C17H24BrNO/c1-17(2,9-6-10-18)12-19-16(20)15-11-14(15)13-7-4-3-5-8-13/h3-5,7-8,14-15H,6,9-12H2,1-2H3,(H,19,20). The van der Waals surface area contributed by atoms with E-state index in [9.17, 15) is 4.79 Å². The minimum absolute atomic E-state index is 0.181. The smallest absolute Gasteiger partial charge is 0.223 e. The molecule has 0 saturated heterocycles. The number of amides is 1. The maximum atomic E-state index is 12.2. The predicted molar refractivity (Wildman–Crippen MR) is 87.1 cm³/mol. The second-order valence-corrected chi connectivity index (χ2v) is 7.33. The molecule has 2 unspecified atom stereocenters. The third-order valence-corrected chi connectivity index (χ3v) is 4.64. The van der Waals surface area contributed by atoms with Gasteiger partial charge < -0.3 is 5.32 Å². The first-order valence-electron chi connectivity index (χ1n) is 7.42. The van der Waals surface area contributed by atoms with Crippen LogP contribution in [0.25, 0.3) is 0 Å². The second kappa shape index (κ2) is 6.75. The van der Waals surface area contributed by atoms with Gasteiger partial charge in [0.2, 0.25) is 5.91 Å². The minimum Gasteiger partial charge on any atom is -0.355 e. The highest BCUT2D eigenvalue weighted by Crippen LogP contribution is 2.47. The lowest BCUT2D eigenvalue weighted by atomic mass is 9.88. The van der Waals surface area contributed by atoms with Crippen molar-refractivity contribution in [3.63, 3.8) is 0 Å². The summed E-state index contributed by atoms with van der Waals surface area (Å²) in [6, 6.07) is 10.4. The quantitative estimate of drug-likeness (QED) is 0.745. The summed E-state index contributed by atoms with van der Waals surface area (Å²) in [5.41, 5.74) is 1.48. The van der Waals surface area contributed by atoms with Crippen molar-refractivity contribution in [2.24, 2.45) is 11.3 Å². The molecule has 3 heteroatoms. The number of rotatable bonds is 7. The molecule has 1 aromatic carbocycles. The van der Waals surface area contributed by atoms with Crippen molar-refractivity contribution < 1.29 is 4.79 Å². The van der Waals surface area contributed by atoms with Crippen LogP contribution in [-0.2, 0) is 4.79 Å². The van der Waals surface area contributed by atoms with Gasteiger partial charge in [0, 0.05) is 17.8 Å². The highest BCUT2D eigenvalue weighted by Gasteiger charge is 2.43. The Balaban J connectivity index is 1.77. The van der Waals surface area contributed by atoms with Gasteiger partial charge in [-0.2, -0.15) is 0 Å². The molecule has 1 aliphatic carbocycles. The molecule has 110 valence electrons. The van der Waals surface area contributed by atoms with Crippen LogP contribution < -0.4 is 5.32 Å². The van der Waals surface area contributed by atoms with E-state index in [0.717, 1.165) is 31.1 Å². The van der Waals surface area contributed by atoms with Crippen LogP contribution in [0.3, 0.4) is 0 Å². The van der Waals surface area contributed by atoms with Crippen LogP contribution in [0.15, 0.2) is 30.3 Å². The minimum atomic E-state index is 0.181. The molecule has 0 heterocycles. The molecule has 1 amide bonds. The Kier molecular flexibility index (Phi) is 5.25. The third-order valence-electron chi connectivity index (χ3n) is 4.08. The van der Waals surface area contributed by atoms with Gasteiger partial charge in [-0.05, 0) is 36.2 Å². The number of hydrogen-bond donors (Lipinski definition) is 1. The molecule has 1 N–H and O–H groups in total. The predicted octanol–water partition coefficient (Wildman–Crippen LogP) is 4.11. The number of carbonyl (C=O) groups excluding carboxylic acids is 1. The zero-order valence-electron chi connectivity index (χ0n) is 12.4. The largest absolute Gasteiger partial charge is 0.355 e. The molecule has 2 atom stereocenters. The van der Waals surface area contributed by atoms with Gasteiger partial charge in [0.05, 0.1) is 0 Å². The van der Waals surface area contributed by atoms with E-state index < -0.39 is 0 Å². The fraction of sp³-hybridized carbons (Fsp3) is 0.588. The SMILES string of the molecule is CC(C)(CCCBr)CNC(=O)C1CC1c1ccccc1. The number of hydrogen-bond acceptors (Lipinski definition) is 1. The van der Waals surface area contributed by atoms with E-state index in [-0.39, 0.29) is 17.2 Å². The first-order chi connectivity index (χ1) is 9.53. The Bertz CT molecular complexity index is 444. The maximum Gasteiger partial charge on any atom is 0.223 e. The summed E-state index contributed by atoms with van der Waals surface area (Å²) in [5.74, 6) is 0.844. The van der Waals surface area contributed by atoms with E-state index in [1.165, 1.54) is 5.56 Å². The van der Waals surface area contributed by atoms with Crippen molar-refractivity contribution >= 4 is 21.8 Å². The molecular formula is C17H24BrNO. The van der Waals surface area contributed by atoms with E-state index in [1.807, 2.05) is 18.2 Å². The lowest BCUT2D eigenvalue weighted by Gasteiger charge is -2.24. The van der Waals surface area contributed by atoms with Gasteiger partial charge in [0.25, 0.3) is 0 Å². The van der Waals surface area contributed by atoms with Gasteiger partial charge in [0.1, 0.15) is 0 Å². The molecule has 1 aromatic rings. The van der Waals surface area contributed by atoms with Crippen LogP contribution in [-0.4, -0.2) is 17.8 Å². The zero-order chi connectivity index (χ0) is 14.6. The normalized spacial score (nSPS) is 21.6. The summed E-state index contributed by atoms with van der Waals surface area (Å²) in [6.45, 7) is 5.21. The van der Waals surface area contributed by atoms with Crippen LogP contribution in [0.2, 0.25) is 0 Å². The van der Waals surface area contributed by atoms with Crippen LogP contribution in [0.1, 0.15) is 44.6 Å². The number of alkyl halides is 1. The average molecular weight is 338 g/mol. The van der Waals surface area contributed by atoms with Crippen molar-refractivity contribution in [3.8, 4) is 0 Å². The third kappa shape index (κ3) is 4.34. The van der Waals surface area contributed by atoms with Gasteiger partial charge in [-0.25, -0.2) is 0 Å². The zero-order valence-corrected chi connectivity index (χ0v) is 13.9. The molecule has 2 rings (SSSR count). The number of nitrogens with one attached hydrogen (secondary N) is 1. The van der Waals surface area contributed by atoms with Gasteiger partial charge >= 0.3 is 0 Å². The Hall–Kier alpha value is -0.830. The lowest BCUT2D eigenvalue weighted by Crippen LogP contribution is -2.35. The first-order valence-corrected chi connectivity index (χ1v) is 8.54. The summed E-state index contributed by atoms with van der Waals surface area (Å²) in [6.07, 6.45) is 3.28. The molecular weight excluding hydrogens is 314 g/mol. The Labute approximate surface area is 130 Å². The second-order valence-electron chi connectivity index (χ2n) is 6.53. The lowest BCUT2D eigenvalue weighted by molar-refractivity contribution is -0.122. The summed E-state index contributed by atoms with van der Waals surface area (Å²) >= 11 is 3.46. The van der Waals surface area contributed by atoms with Crippen LogP contribution >= 0.6 is 15.9 Å². The van der Waals surface area contributed by atoms with Gasteiger partial charge in [-0.15, -0.1) is 0 Å².